The van der Waals surface area contributed by atoms with Gasteiger partial charge in [-0.25, -0.2) is 0 Å². The normalized spacial score (nSPS) is 17.5. The lowest BCUT2D eigenvalue weighted by molar-refractivity contribution is 0.839. The predicted octanol–water partition coefficient (Wildman–Crippen LogP) is 3.34. The van der Waals surface area contributed by atoms with E-state index in [1.54, 1.807) is 0 Å². The Morgan fingerprint density at radius 2 is 2.07 bits per heavy atom. The van der Waals surface area contributed by atoms with Gasteiger partial charge in [-0.3, -0.25) is 5.14 Å². The highest BCUT2D eigenvalue weighted by Crippen LogP contribution is 2.31. The van der Waals surface area contributed by atoms with Gasteiger partial charge >= 0.3 is 0 Å². The first kappa shape index (κ1) is 12.4. The van der Waals surface area contributed by atoms with Crippen molar-refractivity contribution in [3.8, 4) is 0 Å². The van der Waals surface area contributed by atoms with Crippen LogP contribution in [0.25, 0.3) is 0 Å². The van der Waals surface area contributed by atoms with E-state index in [0.717, 1.165) is 6.42 Å². The molecule has 0 bridgehead atoms. The van der Waals surface area contributed by atoms with Crippen LogP contribution in [-0.2, 0) is 6.42 Å². The maximum Gasteiger partial charge on any atom is 0.0387 e. The third-order valence-corrected chi connectivity index (χ3v) is 3.15. The summed E-state index contributed by atoms with van der Waals surface area (Å²) in [6.07, 6.45) is 1.13. The number of rotatable bonds is 1. The van der Waals surface area contributed by atoms with Crippen LogP contribution in [0.5, 0.6) is 0 Å². The summed E-state index contributed by atoms with van der Waals surface area (Å²) in [6.45, 7) is 8.31. The van der Waals surface area contributed by atoms with E-state index < -0.39 is 0 Å². The molecule has 2 rings (SSSR count). The first-order chi connectivity index (χ1) is 7.20. The third kappa shape index (κ3) is 2.67. The van der Waals surface area contributed by atoms with E-state index in [9.17, 15) is 0 Å². The first-order valence-electron chi connectivity index (χ1n) is 5.47. The van der Waals surface area contributed by atoms with Crippen molar-refractivity contribution >= 4 is 17.6 Å². The smallest absolute Gasteiger partial charge is 0.0387 e. The number of nitrogens with one attached hydrogen (secondary N) is 1. The van der Waals surface area contributed by atoms with Crippen LogP contribution < -0.4 is 10.5 Å². The van der Waals surface area contributed by atoms with E-state index in [2.05, 4.69) is 31.3 Å². The van der Waals surface area contributed by atoms with Crippen LogP contribution in [-0.4, -0.2) is 6.04 Å². The van der Waals surface area contributed by atoms with E-state index in [-0.39, 0.29) is 0 Å². The number of anilines is 1. The quantitative estimate of drug-likeness (QED) is 0.718. The Labute approximate surface area is 96.8 Å². The summed E-state index contributed by atoms with van der Waals surface area (Å²) < 4.78 is 0. The lowest BCUT2D eigenvalue weighted by Crippen LogP contribution is -2.08. The van der Waals surface area contributed by atoms with E-state index in [1.165, 1.54) is 33.7 Å². The van der Waals surface area contributed by atoms with Crippen molar-refractivity contribution < 1.29 is 0 Å². The molecule has 15 heavy (non-hydrogen) atoms. The standard InChI is InChI=1S/C10H14N2S.C2H6/c1-6-3-8-4-7(2)12-9(8)5-10(6)13-11;1-2/h3,5,7,12H,4,11H2,1-2H3;1-2H3. The molecule has 1 aromatic carbocycles. The summed E-state index contributed by atoms with van der Waals surface area (Å²) in [5.41, 5.74) is 3.95. The highest BCUT2D eigenvalue weighted by molar-refractivity contribution is 7.97. The molecule has 1 atom stereocenters. The van der Waals surface area contributed by atoms with Crippen molar-refractivity contribution in [2.75, 3.05) is 5.32 Å². The van der Waals surface area contributed by atoms with Crippen molar-refractivity contribution in [1.29, 1.82) is 0 Å². The minimum absolute atomic E-state index is 0.562. The van der Waals surface area contributed by atoms with Crippen molar-refractivity contribution in [1.82, 2.24) is 0 Å². The Hall–Kier alpha value is -0.670. The van der Waals surface area contributed by atoms with Crippen molar-refractivity contribution in [2.24, 2.45) is 5.14 Å². The van der Waals surface area contributed by atoms with Gasteiger partial charge < -0.3 is 5.32 Å². The molecule has 1 aliphatic heterocycles. The number of hydrogen-bond donors (Lipinski definition) is 2. The van der Waals surface area contributed by atoms with E-state index in [0.29, 0.717) is 6.04 Å². The molecule has 2 nitrogen and oxygen atoms in total. The molecule has 0 fully saturated rings. The fraction of sp³-hybridized carbons (Fsp3) is 0.500. The minimum atomic E-state index is 0.562. The van der Waals surface area contributed by atoms with Crippen molar-refractivity contribution in [3.63, 3.8) is 0 Å². The van der Waals surface area contributed by atoms with Crippen molar-refractivity contribution in [2.45, 2.75) is 45.1 Å². The van der Waals surface area contributed by atoms with Crippen LogP contribution >= 0.6 is 11.9 Å². The van der Waals surface area contributed by atoms with Gasteiger partial charge in [-0.1, -0.05) is 19.9 Å². The summed E-state index contributed by atoms with van der Waals surface area (Å²) in [5, 5.41) is 9.00. The van der Waals surface area contributed by atoms with Crippen LogP contribution in [0.3, 0.4) is 0 Å². The van der Waals surface area contributed by atoms with Gasteiger partial charge in [0.1, 0.15) is 0 Å². The highest BCUT2D eigenvalue weighted by atomic mass is 32.2. The second kappa shape index (κ2) is 5.42. The molecule has 0 aliphatic carbocycles. The second-order valence-corrected chi connectivity index (χ2v) is 4.32. The van der Waals surface area contributed by atoms with E-state index >= 15 is 0 Å². The summed E-state index contributed by atoms with van der Waals surface area (Å²) in [6, 6.07) is 4.95. The molecule has 1 heterocycles. The average Bonchev–Trinajstić information content (AvgIpc) is 2.59. The van der Waals surface area contributed by atoms with Crippen LogP contribution in [0.4, 0.5) is 5.69 Å². The zero-order valence-corrected chi connectivity index (χ0v) is 10.7. The lowest BCUT2D eigenvalue weighted by Gasteiger charge is -2.06. The van der Waals surface area contributed by atoms with Gasteiger partial charge in [-0.15, -0.1) is 0 Å². The maximum absolute atomic E-state index is 5.57. The summed E-state index contributed by atoms with van der Waals surface area (Å²) >= 11 is 1.32. The SMILES string of the molecule is CC.Cc1cc2c(cc1SN)NC(C)C2. The summed E-state index contributed by atoms with van der Waals surface area (Å²) in [4.78, 5) is 1.17. The molecule has 0 aromatic heterocycles. The molecule has 84 valence electrons. The summed E-state index contributed by atoms with van der Waals surface area (Å²) in [7, 11) is 0. The number of fused-ring (bicyclic) bond motifs is 1. The number of benzene rings is 1. The fourth-order valence-corrected chi connectivity index (χ4v) is 2.26. The topological polar surface area (TPSA) is 38.0 Å². The van der Waals surface area contributed by atoms with Gasteiger partial charge in [-0.2, -0.15) is 0 Å². The molecule has 3 N–H and O–H groups in total. The van der Waals surface area contributed by atoms with Crippen LogP contribution in [0.2, 0.25) is 0 Å². The largest absolute Gasteiger partial charge is 0.382 e. The van der Waals surface area contributed by atoms with Gasteiger partial charge in [0.15, 0.2) is 0 Å². The van der Waals surface area contributed by atoms with Gasteiger partial charge in [0.05, 0.1) is 0 Å². The van der Waals surface area contributed by atoms with Crippen LogP contribution in [0.15, 0.2) is 17.0 Å². The molecular weight excluding hydrogens is 204 g/mol. The van der Waals surface area contributed by atoms with E-state index in [1.807, 2.05) is 13.8 Å². The predicted molar refractivity (Wildman–Crippen MR) is 69.4 cm³/mol. The zero-order valence-electron chi connectivity index (χ0n) is 9.92. The van der Waals surface area contributed by atoms with E-state index in [4.69, 9.17) is 5.14 Å². The Morgan fingerprint density at radius 1 is 1.40 bits per heavy atom. The lowest BCUT2D eigenvalue weighted by atomic mass is 10.1. The fourth-order valence-electron chi connectivity index (χ4n) is 1.82. The Bertz CT molecular complexity index is 337. The Kier molecular flexibility index (Phi) is 4.48. The van der Waals surface area contributed by atoms with Gasteiger partial charge in [-0.05, 0) is 49.4 Å². The number of nitrogens with two attached hydrogens (primary N) is 1. The molecule has 0 spiro atoms. The molecule has 3 heteroatoms. The van der Waals surface area contributed by atoms with Crippen LogP contribution in [0.1, 0.15) is 31.9 Å². The maximum atomic E-state index is 5.57. The number of hydrogen-bond acceptors (Lipinski definition) is 3. The third-order valence-electron chi connectivity index (χ3n) is 2.46. The first-order valence-corrected chi connectivity index (χ1v) is 6.35. The molecular formula is C12H20N2S. The molecule has 1 aliphatic rings. The molecule has 0 saturated carbocycles. The molecule has 0 amide bonds. The van der Waals surface area contributed by atoms with Gasteiger partial charge in [0, 0.05) is 16.6 Å². The Balaban J connectivity index is 0.000000531. The van der Waals surface area contributed by atoms with Crippen LogP contribution in [0, 0.1) is 6.92 Å². The average molecular weight is 224 g/mol. The molecule has 0 saturated heterocycles. The molecule has 0 radical (unpaired) electrons. The Morgan fingerprint density at radius 3 is 2.67 bits per heavy atom. The minimum Gasteiger partial charge on any atom is -0.382 e. The van der Waals surface area contributed by atoms with Gasteiger partial charge in [0.2, 0.25) is 0 Å². The zero-order chi connectivity index (χ0) is 11.4. The van der Waals surface area contributed by atoms with Crippen molar-refractivity contribution in [3.05, 3.63) is 23.3 Å². The molecule has 1 aromatic rings. The summed E-state index contributed by atoms with van der Waals surface area (Å²) in [5.74, 6) is 0. The second-order valence-electron chi connectivity index (χ2n) is 3.64. The molecule has 1 unspecified atom stereocenters. The monoisotopic (exact) mass is 224 g/mol. The van der Waals surface area contributed by atoms with Gasteiger partial charge in [0.25, 0.3) is 0 Å². The number of aryl methyl sites for hydroxylation is 1. The highest BCUT2D eigenvalue weighted by Gasteiger charge is 2.17.